The lowest BCUT2D eigenvalue weighted by molar-refractivity contribution is -0.139. The first-order valence-corrected chi connectivity index (χ1v) is 4.46. The van der Waals surface area contributed by atoms with Gasteiger partial charge in [0.15, 0.2) is 0 Å². The van der Waals surface area contributed by atoms with Crippen LogP contribution in [0.1, 0.15) is 17.2 Å². The Bertz CT molecular complexity index is 253. The van der Waals surface area contributed by atoms with E-state index in [1.54, 1.807) is 11.3 Å². The molecule has 1 aromatic rings. The van der Waals surface area contributed by atoms with Crippen molar-refractivity contribution in [3.05, 3.63) is 22.4 Å². The van der Waals surface area contributed by atoms with Crippen LogP contribution in [0.5, 0.6) is 0 Å². The van der Waals surface area contributed by atoms with Crippen LogP contribution in [0.4, 0.5) is 0 Å². The van der Waals surface area contributed by atoms with Gasteiger partial charge in [-0.25, -0.2) is 0 Å². The summed E-state index contributed by atoms with van der Waals surface area (Å²) in [6, 6.07) is 3.95. The summed E-state index contributed by atoms with van der Waals surface area (Å²) in [6.07, 6.45) is 0.847. The lowest BCUT2D eigenvalue weighted by atomic mass is 10.1. The van der Waals surface area contributed by atoms with Gasteiger partial charge in [-0.1, -0.05) is 6.07 Å². The largest absolute Gasteiger partial charge is 0.465 e. The Kier molecular flexibility index (Phi) is 1.66. The molecule has 2 heterocycles. The van der Waals surface area contributed by atoms with Gasteiger partial charge in [-0.2, -0.15) is 0 Å². The minimum atomic E-state index is -0.0625. The molecule has 3 heteroatoms. The fraction of sp³-hybridized carbons (Fsp3) is 0.375. The Balaban J connectivity index is 2.23. The predicted octanol–water partition coefficient (Wildman–Crippen LogP) is 1.78. The van der Waals surface area contributed by atoms with Crippen molar-refractivity contribution in [3.63, 3.8) is 0 Å². The maximum absolute atomic E-state index is 11.1. The Hall–Kier alpha value is -0.830. The van der Waals surface area contributed by atoms with Crippen molar-refractivity contribution in [2.24, 2.45) is 0 Å². The van der Waals surface area contributed by atoms with Crippen LogP contribution in [-0.2, 0) is 9.53 Å². The van der Waals surface area contributed by atoms with Gasteiger partial charge in [-0.3, -0.25) is 4.79 Å². The molecule has 1 atom stereocenters. The number of carbonyl (C=O) groups excluding carboxylic acids is 1. The molecule has 0 spiro atoms. The van der Waals surface area contributed by atoms with Crippen molar-refractivity contribution >= 4 is 17.3 Å². The van der Waals surface area contributed by atoms with Crippen LogP contribution in [0.15, 0.2) is 17.5 Å². The van der Waals surface area contributed by atoms with Crippen LogP contribution in [0, 0.1) is 0 Å². The first-order chi connectivity index (χ1) is 5.38. The normalized spacial score (nSPS) is 23.6. The lowest BCUT2D eigenvalue weighted by Crippen LogP contribution is -2.03. The first-order valence-electron chi connectivity index (χ1n) is 3.58. The van der Waals surface area contributed by atoms with E-state index in [0.29, 0.717) is 6.61 Å². The first kappa shape index (κ1) is 6.85. The summed E-state index contributed by atoms with van der Waals surface area (Å²) in [7, 11) is 0. The summed E-state index contributed by atoms with van der Waals surface area (Å²) in [6.45, 7) is 0.585. The molecule has 0 saturated carbocycles. The standard InChI is InChI=1S/C8H8O2S/c9-8-6(3-4-10-8)7-2-1-5-11-7/h1-2,5-6H,3-4H2. The molecule has 1 aromatic heterocycles. The van der Waals surface area contributed by atoms with Crippen molar-refractivity contribution in [2.75, 3.05) is 6.61 Å². The number of hydrogen-bond acceptors (Lipinski definition) is 3. The number of carbonyl (C=O) groups is 1. The Morgan fingerprint density at radius 3 is 3.09 bits per heavy atom. The van der Waals surface area contributed by atoms with Crippen molar-refractivity contribution in [2.45, 2.75) is 12.3 Å². The smallest absolute Gasteiger partial charge is 0.314 e. The van der Waals surface area contributed by atoms with Gasteiger partial charge in [-0.15, -0.1) is 11.3 Å². The van der Waals surface area contributed by atoms with Crippen LogP contribution in [0.3, 0.4) is 0 Å². The summed E-state index contributed by atoms with van der Waals surface area (Å²) in [4.78, 5) is 12.2. The van der Waals surface area contributed by atoms with Crippen LogP contribution in [-0.4, -0.2) is 12.6 Å². The number of hydrogen-bond donors (Lipinski definition) is 0. The molecule has 0 N–H and O–H groups in total. The quantitative estimate of drug-likeness (QED) is 0.597. The molecule has 2 rings (SSSR count). The van der Waals surface area contributed by atoms with Gasteiger partial charge >= 0.3 is 5.97 Å². The number of cyclic esters (lactones) is 1. The Morgan fingerprint density at radius 2 is 2.55 bits per heavy atom. The van der Waals surface area contributed by atoms with Crippen LogP contribution in [0.25, 0.3) is 0 Å². The minimum Gasteiger partial charge on any atom is -0.465 e. The zero-order valence-corrected chi connectivity index (χ0v) is 6.76. The van der Waals surface area contributed by atoms with Gasteiger partial charge in [0, 0.05) is 4.88 Å². The lowest BCUT2D eigenvalue weighted by Gasteiger charge is -1.98. The second-order valence-corrected chi connectivity index (χ2v) is 3.50. The molecular weight excluding hydrogens is 160 g/mol. The molecule has 0 aliphatic carbocycles. The summed E-state index contributed by atoms with van der Waals surface area (Å²) >= 11 is 1.62. The third-order valence-electron chi connectivity index (χ3n) is 1.82. The summed E-state index contributed by atoms with van der Waals surface area (Å²) in [5.41, 5.74) is 0. The molecule has 1 fully saturated rings. The molecule has 2 nitrogen and oxygen atoms in total. The van der Waals surface area contributed by atoms with Crippen LogP contribution in [0.2, 0.25) is 0 Å². The fourth-order valence-corrected chi connectivity index (χ4v) is 2.09. The summed E-state index contributed by atoms with van der Waals surface area (Å²) in [5, 5.41) is 1.99. The third kappa shape index (κ3) is 1.16. The van der Waals surface area contributed by atoms with E-state index in [9.17, 15) is 4.79 Å². The number of esters is 1. The fourth-order valence-electron chi connectivity index (χ4n) is 1.24. The molecule has 1 aliphatic heterocycles. The zero-order valence-electron chi connectivity index (χ0n) is 5.95. The second kappa shape index (κ2) is 2.66. The minimum absolute atomic E-state index is 0.0231. The highest BCUT2D eigenvalue weighted by molar-refractivity contribution is 7.10. The van der Waals surface area contributed by atoms with Gasteiger partial charge in [-0.05, 0) is 17.9 Å². The molecule has 0 radical (unpaired) electrons. The second-order valence-electron chi connectivity index (χ2n) is 2.52. The van der Waals surface area contributed by atoms with Crippen LogP contribution < -0.4 is 0 Å². The number of ether oxygens (including phenoxy) is 1. The molecule has 1 aliphatic rings. The Labute approximate surface area is 68.8 Å². The average Bonchev–Trinajstić information content (AvgIpc) is 2.55. The van der Waals surface area contributed by atoms with Crippen molar-refractivity contribution < 1.29 is 9.53 Å². The highest BCUT2D eigenvalue weighted by atomic mass is 32.1. The molecule has 1 unspecified atom stereocenters. The van der Waals surface area contributed by atoms with Crippen LogP contribution >= 0.6 is 11.3 Å². The summed E-state index contributed by atoms with van der Waals surface area (Å²) < 4.78 is 4.86. The van der Waals surface area contributed by atoms with E-state index in [-0.39, 0.29) is 11.9 Å². The van der Waals surface area contributed by atoms with Crippen molar-refractivity contribution in [3.8, 4) is 0 Å². The number of thiophene rings is 1. The molecule has 0 bridgehead atoms. The SMILES string of the molecule is O=C1OCCC1c1cccs1. The average molecular weight is 168 g/mol. The van der Waals surface area contributed by atoms with Gasteiger partial charge in [0.1, 0.15) is 0 Å². The van der Waals surface area contributed by atoms with E-state index in [4.69, 9.17) is 4.74 Å². The molecule has 11 heavy (non-hydrogen) atoms. The zero-order chi connectivity index (χ0) is 7.68. The van der Waals surface area contributed by atoms with Gasteiger partial charge in [0.2, 0.25) is 0 Å². The van der Waals surface area contributed by atoms with E-state index in [0.717, 1.165) is 11.3 Å². The third-order valence-corrected chi connectivity index (χ3v) is 2.81. The van der Waals surface area contributed by atoms with E-state index < -0.39 is 0 Å². The van der Waals surface area contributed by atoms with Gasteiger partial charge in [0.05, 0.1) is 12.5 Å². The van der Waals surface area contributed by atoms with Gasteiger partial charge < -0.3 is 4.74 Å². The van der Waals surface area contributed by atoms with E-state index >= 15 is 0 Å². The van der Waals surface area contributed by atoms with Gasteiger partial charge in [0.25, 0.3) is 0 Å². The maximum atomic E-state index is 11.1. The molecular formula is C8H8O2S. The molecule has 0 aromatic carbocycles. The van der Waals surface area contributed by atoms with E-state index in [1.165, 1.54) is 0 Å². The maximum Gasteiger partial charge on any atom is 0.314 e. The highest BCUT2D eigenvalue weighted by Gasteiger charge is 2.28. The molecule has 0 amide bonds. The molecule has 58 valence electrons. The monoisotopic (exact) mass is 168 g/mol. The number of rotatable bonds is 1. The van der Waals surface area contributed by atoms with E-state index in [2.05, 4.69) is 0 Å². The van der Waals surface area contributed by atoms with Crippen molar-refractivity contribution in [1.29, 1.82) is 0 Å². The molecule has 1 saturated heterocycles. The summed E-state index contributed by atoms with van der Waals surface area (Å²) in [5.74, 6) is -0.0394. The topological polar surface area (TPSA) is 26.3 Å². The van der Waals surface area contributed by atoms with E-state index in [1.807, 2.05) is 17.5 Å². The highest BCUT2D eigenvalue weighted by Crippen LogP contribution is 2.29. The Morgan fingerprint density at radius 1 is 1.64 bits per heavy atom. The van der Waals surface area contributed by atoms with Crippen molar-refractivity contribution in [1.82, 2.24) is 0 Å². The predicted molar refractivity (Wildman–Crippen MR) is 42.6 cm³/mol.